The summed E-state index contributed by atoms with van der Waals surface area (Å²) in [5, 5.41) is 2.79. The number of hydrogen-bond donors (Lipinski definition) is 3. The van der Waals surface area contributed by atoms with E-state index in [1.165, 1.54) is 0 Å². The van der Waals surface area contributed by atoms with Crippen molar-refractivity contribution in [1.29, 1.82) is 0 Å². The Balaban J connectivity index is 1.86. The molecule has 0 unspecified atom stereocenters. The number of nitrogens with one attached hydrogen (secondary N) is 3. The predicted octanol–water partition coefficient (Wildman–Crippen LogP) is 4.01. The SMILES string of the molecule is CCCCC(=O)Nc1ccc(C(=O)NNC(=O)c2ccc(C(C)C)cc2)cc1. The maximum Gasteiger partial charge on any atom is 0.269 e. The van der Waals surface area contributed by atoms with Gasteiger partial charge in [0.05, 0.1) is 0 Å². The molecule has 0 aromatic heterocycles. The van der Waals surface area contributed by atoms with Gasteiger partial charge in [0.25, 0.3) is 11.8 Å². The van der Waals surface area contributed by atoms with Gasteiger partial charge in [0, 0.05) is 23.2 Å². The summed E-state index contributed by atoms with van der Waals surface area (Å²) < 4.78 is 0. The number of carbonyl (C=O) groups excluding carboxylic acids is 3. The van der Waals surface area contributed by atoms with Crippen LogP contribution in [0.3, 0.4) is 0 Å². The zero-order chi connectivity index (χ0) is 20.5. The Labute approximate surface area is 165 Å². The summed E-state index contributed by atoms with van der Waals surface area (Å²) in [5.74, 6) is -0.481. The van der Waals surface area contributed by atoms with E-state index in [2.05, 4.69) is 30.0 Å². The van der Waals surface area contributed by atoms with Gasteiger partial charge in [0.15, 0.2) is 0 Å². The highest BCUT2D eigenvalue weighted by molar-refractivity contribution is 5.99. The second-order valence-electron chi connectivity index (χ2n) is 6.91. The van der Waals surface area contributed by atoms with Crippen LogP contribution in [0, 0.1) is 0 Å². The number of carbonyl (C=O) groups is 3. The third kappa shape index (κ3) is 6.23. The van der Waals surface area contributed by atoms with Gasteiger partial charge < -0.3 is 5.32 Å². The fourth-order valence-electron chi connectivity index (χ4n) is 2.54. The molecule has 0 atom stereocenters. The van der Waals surface area contributed by atoms with Gasteiger partial charge in [-0.2, -0.15) is 0 Å². The molecule has 2 aromatic carbocycles. The van der Waals surface area contributed by atoms with E-state index in [1.807, 2.05) is 19.1 Å². The molecule has 0 radical (unpaired) electrons. The van der Waals surface area contributed by atoms with E-state index in [1.54, 1.807) is 36.4 Å². The molecule has 0 aliphatic carbocycles. The van der Waals surface area contributed by atoms with Crippen molar-refractivity contribution in [1.82, 2.24) is 10.9 Å². The Bertz CT molecular complexity index is 812. The van der Waals surface area contributed by atoms with E-state index in [0.717, 1.165) is 18.4 Å². The smallest absolute Gasteiger partial charge is 0.269 e. The van der Waals surface area contributed by atoms with Gasteiger partial charge in [-0.25, -0.2) is 0 Å². The van der Waals surface area contributed by atoms with E-state index < -0.39 is 5.91 Å². The molecule has 3 amide bonds. The van der Waals surface area contributed by atoms with E-state index in [0.29, 0.717) is 29.2 Å². The number of hydrazine groups is 1. The lowest BCUT2D eigenvalue weighted by Crippen LogP contribution is -2.41. The first kappa shape index (κ1) is 21.2. The molecule has 2 aromatic rings. The molecule has 3 N–H and O–H groups in total. The fraction of sp³-hybridized carbons (Fsp3) is 0.318. The Morgan fingerprint density at radius 1 is 0.821 bits per heavy atom. The van der Waals surface area contributed by atoms with Crippen LogP contribution in [-0.4, -0.2) is 17.7 Å². The minimum absolute atomic E-state index is 0.0465. The maximum atomic E-state index is 12.2. The van der Waals surface area contributed by atoms with Crippen LogP contribution in [-0.2, 0) is 4.79 Å². The fourth-order valence-corrected chi connectivity index (χ4v) is 2.54. The van der Waals surface area contributed by atoms with E-state index in [-0.39, 0.29) is 11.8 Å². The van der Waals surface area contributed by atoms with Crippen molar-refractivity contribution in [2.24, 2.45) is 0 Å². The molecule has 2 rings (SSSR count). The summed E-state index contributed by atoms with van der Waals surface area (Å²) in [5.41, 5.74) is 7.42. The molecule has 0 fully saturated rings. The average Bonchev–Trinajstić information content (AvgIpc) is 2.70. The van der Waals surface area contributed by atoms with Gasteiger partial charge >= 0.3 is 0 Å². The second kappa shape index (κ2) is 10.3. The van der Waals surface area contributed by atoms with Gasteiger partial charge in [-0.05, 0) is 54.3 Å². The zero-order valence-electron chi connectivity index (χ0n) is 16.5. The molecule has 0 aliphatic heterocycles. The van der Waals surface area contributed by atoms with Gasteiger partial charge in [-0.1, -0.05) is 39.3 Å². The average molecular weight is 381 g/mol. The molecule has 6 heteroatoms. The van der Waals surface area contributed by atoms with Crippen molar-refractivity contribution in [3.8, 4) is 0 Å². The van der Waals surface area contributed by atoms with Crippen LogP contribution in [0.15, 0.2) is 48.5 Å². The van der Waals surface area contributed by atoms with E-state index in [4.69, 9.17) is 0 Å². The molecule has 6 nitrogen and oxygen atoms in total. The molecule has 28 heavy (non-hydrogen) atoms. The highest BCUT2D eigenvalue weighted by Crippen LogP contribution is 2.14. The predicted molar refractivity (Wildman–Crippen MR) is 110 cm³/mol. The van der Waals surface area contributed by atoms with Crippen LogP contribution in [0.2, 0.25) is 0 Å². The summed E-state index contributed by atoms with van der Waals surface area (Å²) in [6.07, 6.45) is 2.27. The lowest BCUT2D eigenvalue weighted by Gasteiger charge is -2.10. The topological polar surface area (TPSA) is 87.3 Å². The molecule has 148 valence electrons. The minimum atomic E-state index is -0.434. The third-order valence-electron chi connectivity index (χ3n) is 4.32. The zero-order valence-corrected chi connectivity index (χ0v) is 16.5. The molecule has 0 saturated carbocycles. The van der Waals surface area contributed by atoms with Gasteiger partial charge in [0.1, 0.15) is 0 Å². The molecule has 0 spiro atoms. The van der Waals surface area contributed by atoms with Gasteiger partial charge in [0.2, 0.25) is 5.91 Å². The Morgan fingerprint density at radius 2 is 1.32 bits per heavy atom. The molecule has 0 heterocycles. The van der Waals surface area contributed by atoms with Crippen molar-refractivity contribution in [2.75, 3.05) is 5.32 Å². The second-order valence-corrected chi connectivity index (χ2v) is 6.91. The normalized spacial score (nSPS) is 10.4. The summed E-state index contributed by atoms with van der Waals surface area (Å²) in [6.45, 7) is 6.19. The van der Waals surface area contributed by atoms with Crippen LogP contribution in [0.4, 0.5) is 5.69 Å². The highest BCUT2D eigenvalue weighted by atomic mass is 16.2. The number of amides is 3. The number of unbranched alkanes of at least 4 members (excludes halogenated alkanes) is 1. The van der Waals surface area contributed by atoms with Crippen LogP contribution in [0.1, 0.15) is 72.2 Å². The van der Waals surface area contributed by atoms with Gasteiger partial charge in [-0.15, -0.1) is 0 Å². The van der Waals surface area contributed by atoms with Crippen molar-refractivity contribution >= 4 is 23.4 Å². The maximum absolute atomic E-state index is 12.2. The summed E-state index contributed by atoms with van der Waals surface area (Å²) in [7, 11) is 0. The quantitative estimate of drug-likeness (QED) is 0.633. The number of hydrogen-bond acceptors (Lipinski definition) is 3. The van der Waals surface area contributed by atoms with Crippen LogP contribution in [0.25, 0.3) is 0 Å². The third-order valence-corrected chi connectivity index (χ3v) is 4.32. The van der Waals surface area contributed by atoms with Crippen LogP contribution in [0.5, 0.6) is 0 Å². The lowest BCUT2D eigenvalue weighted by atomic mass is 10.0. The first-order valence-corrected chi connectivity index (χ1v) is 9.51. The number of anilines is 1. The van der Waals surface area contributed by atoms with Gasteiger partial charge in [-0.3, -0.25) is 25.2 Å². The standard InChI is InChI=1S/C22H27N3O3/c1-4-5-6-20(26)23-19-13-11-18(12-14-19)22(28)25-24-21(27)17-9-7-16(8-10-17)15(2)3/h7-15H,4-6H2,1-3H3,(H,23,26)(H,24,27)(H,25,28). The lowest BCUT2D eigenvalue weighted by molar-refractivity contribution is -0.116. The van der Waals surface area contributed by atoms with Crippen molar-refractivity contribution < 1.29 is 14.4 Å². The van der Waals surface area contributed by atoms with Crippen LogP contribution < -0.4 is 16.2 Å². The van der Waals surface area contributed by atoms with Crippen LogP contribution >= 0.6 is 0 Å². The van der Waals surface area contributed by atoms with Crippen molar-refractivity contribution in [3.05, 3.63) is 65.2 Å². The minimum Gasteiger partial charge on any atom is -0.326 e. The van der Waals surface area contributed by atoms with Crippen molar-refractivity contribution in [3.63, 3.8) is 0 Å². The summed E-state index contributed by atoms with van der Waals surface area (Å²) in [6, 6.07) is 13.8. The first-order valence-electron chi connectivity index (χ1n) is 9.51. The molecule has 0 aliphatic rings. The summed E-state index contributed by atoms with van der Waals surface area (Å²) >= 11 is 0. The summed E-state index contributed by atoms with van der Waals surface area (Å²) in [4.78, 5) is 36.1. The van der Waals surface area contributed by atoms with E-state index in [9.17, 15) is 14.4 Å². The molecule has 0 saturated heterocycles. The number of rotatable bonds is 7. The molecular weight excluding hydrogens is 354 g/mol. The Kier molecular flexibility index (Phi) is 7.75. The molecule has 0 bridgehead atoms. The first-order chi connectivity index (χ1) is 13.4. The van der Waals surface area contributed by atoms with E-state index >= 15 is 0 Å². The monoisotopic (exact) mass is 381 g/mol. The number of benzene rings is 2. The largest absolute Gasteiger partial charge is 0.326 e. The van der Waals surface area contributed by atoms with Crippen molar-refractivity contribution in [2.45, 2.75) is 46.0 Å². The Morgan fingerprint density at radius 3 is 1.79 bits per heavy atom. The Hall–Kier alpha value is -3.15. The highest BCUT2D eigenvalue weighted by Gasteiger charge is 2.10. The molecular formula is C22H27N3O3.